The first-order valence-corrected chi connectivity index (χ1v) is 31.6. The van der Waals surface area contributed by atoms with Gasteiger partial charge < -0.3 is 14.2 Å². The van der Waals surface area contributed by atoms with Gasteiger partial charge in [0.15, 0.2) is 6.10 Å². The molecule has 6 heteroatoms. The van der Waals surface area contributed by atoms with Crippen LogP contribution in [0.25, 0.3) is 0 Å². The van der Waals surface area contributed by atoms with Crippen LogP contribution in [0.3, 0.4) is 0 Å². The number of carbonyl (C=O) groups excluding carboxylic acids is 3. The molecule has 0 aliphatic heterocycles. The largest absolute Gasteiger partial charge is 0.462 e. The van der Waals surface area contributed by atoms with Crippen LogP contribution in [0, 0.1) is 0 Å². The zero-order valence-electron chi connectivity index (χ0n) is 48.8. The van der Waals surface area contributed by atoms with Crippen molar-refractivity contribution in [2.75, 3.05) is 13.2 Å². The van der Waals surface area contributed by atoms with Crippen LogP contribution < -0.4 is 0 Å². The second kappa shape index (κ2) is 62.1. The van der Waals surface area contributed by atoms with Crippen molar-refractivity contribution in [3.63, 3.8) is 0 Å². The lowest BCUT2D eigenvalue weighted by Crippen LogP contribution is -2.30. The van der Waals surface area contributed by atoms with E-state index in [1.54, 1.807) is 0 Å². The van der Waals surface area contributed by atoms with Gasteiger partial charge in [-0.1, -0.05) is 279 Å². The van der Waals surface area contributed by atoms with E-state index in [1.807, 2.05) is 0 Å². The topological polar surface area (TPSA) is 78.9 Å². The summed E-state index contributed by atoms with van der Waals surface area (Å²) in [4.78, 5) is 38.3. The first kappa shape index (κ1) is 70.6. The van der Waals surface area contributed by atoms with Gasteiger partial charge in [0.1, 0.15) is 13.2 Å². The van der Waals surface area contributed by atoms with Crippen molar-refractivity contribution in [2.24, 2.45) is 0 Å². The molecule has 0 aromatic carbocycles. The van der Waals surface area contributed by atoms with Crippen LogP contribution in [0.15, 0.2) is 85.1 Å². The summed E-state index contributed by atoms with van der Waals surface area (Å²) in [7, 11) is 0. The molecule has 0 rings (SSSR count). The Morgan fingerprint density at radius 2 is 0.527 bits per heavy atom. The van der Waals surface area contributed by atoms with Crippen molar-refractivity contribution in [2.45, 2.75) is 316 Å². The van der Waals surface area contributed by atoms with Crippen molar-refractivity contribution in [3.8, 4) is 0 Å². The number of allylic oxidation sites excluding steroid dienone is 14. The number of hydrogen-bond donors (Lipinski definition) is 0. The lowest BCUT2D eigenvalue weighted by atomic mass is 10.0. The lowest BCUT2D eigenvalue weighted by molar-refractivity contribution is -0.167. The number of rotatable bonds is 57. The predicted molar refractivity (Wildman–Crippen MR) is 321 cm³/mol. The Bertz CT molecular complexity index is 1420. The van der Waals surface area contributed by atoms with Gasteiger partial charge in [0, 0.05) is 19.3 Å². The standard InChI is InChI=1S/C68H118O6/c1-4-7-10-13-16-19-22-25-28-31-32-33-34-35-36-38-40-43-46-49-52-55-58-61-67(70)73-64-65(63-72-66(69)60-57-54-51-48-45-42-39-30-27-24-21-18-15-12-9-6-3)74-68(71)62-59-56-53-50-47-44-41-37-29-26-23-20-17-14-11-8-5-2/h7,10,16,19,25-26,28-29,32-33,35-36,40,43,65H,4-6,8-9,11-15,17-18,20-24,27,30-31,34,37-39,41-42,44-64H2,1-3H3/b10-7-,19-16-,28-25-,29-26-,33-32-,36-35-,43-40-. The van der Waals surface area contributed by atoms with Crippen LogP contribution in [-0.2, 0) is 28.6 Å². The van der Waals surface area contributed by atoms with Crippen molar-refractivity contribution < 1.29 is 28.6 Å². The molecule has 0 aliphatic rings. The average Bonchev–Trinajstić information content (AvgIpc) is 3.40. The highest BCUT2D eigenvalue weighted by atomic mass is 16.6. The molecule has 0 radical (unpaired) electrons. The third kappa shape index (κ3) is 59.5. The summed E-state index contributed by atoms with van der Waals surface area (Å²) >= 11 is 0. The molecular weight excluding hydrogens is 913 g/mol. The molecule has 0 N–H and O–H groups in total. The molecule has 0 spiro atoms. The Labute approximate surface area is 458 Å². The highest BCUT2D eigenvalue weighted by Gasteiger charge is 2.19. The molecule has 6 nitrogen and oxygen atoms in total. The van der Waals surface area contributed by atoms with Crippen molar-refractivity contribution in [1.82, 2.24) is 0 Å². The van der Waals surface area contributed by atoms with Crippen molar-refractivity contribution in [3.05, 3.63) is 85.1 Å². The number of hydrogen-bond acceptors (Lipinski definition) is 6. The fourth-order valence-electron chi connectivity index (χ4n) is 8.91. The maximum Gasteiger partial charge on any atom is 0.306 e. The average molecular weight is 1030 g/mol. The number of ether oxygens (including phenoxy) is 3. The number of unbranched alkanes of at least 4 members (excludes halogenated alkanes) is 32. The summed E-state index contributed by atoms with van der Waals surface area (Å²) in [5.74, 6) is -0.901. The minimum absolute atomic E-state index is 0.0838. The SMILES string of the molecule is CC/C=C\C/C=C\C/C=C\C/C=C\C/C=C\C/C=C\CCCCCCC(=O)OCC(COC(=O)CCCCCCCCCCCCCCCCCC)OC(=O)CCCCCCCCC/C=C\CCCCCCCC. The van der Waals surface area contributed by atoms with Gasteiger partial charge in [-0.3, -0.25) is 14.4 Å². The van der Waals surface area contributed by atoms with E-state index in [2.05, 4.69) is 106 Å². The second-order valence-corrected chi connectivity index (χ2v) is 20.9. The fourth-order valence-corrected chi connectivity index (χ4v) is 8.91. The van der Waals surface area contributed by atoms with Crippen LogP contribution in [0.1, 0.15) is 310 Å². The zero-order valence-corrected chi connectivity index (χ0v) is 48.8. The molecule has 0 fully saturated rings. The summed E-state index contributed by atoms with van der Waals surface area (Å²) in [6, 6.07) is 0. The third-order valence-electron chi connectivity index (χ3n) is 13.6. The Morgan fingerprint density at radius 3 is 0.838 bits per heavy atom. The van der Waals surface area contributed by atoms with Crippen LogP contribution in [0.2, 0.25) is 0 Å². The molecule has 426 valence electrons. The summed E-state index contributed by atoms with van der Waals surface area (Å²) in [6.07, 6.45) is 81.5. The van der Waals surface area contributed by atoms with Crippen molar-refractivity contribution >= 4 is 17.9 Å². The third-order valence-corrected chi connectivity index (χ3v) is 13.6. The Kier molecular flexibility index (Phi) is 59.3. The van der Waals surface area contributed by atoms with E-state index in [9.17, 15) is 14.4 Å². The number of carbonyl (C=O) groups is 3. The van der Waals surface area contributed by atoms with E-state index in [0.717, 1.165) is 109 Å². The molecule has 74 heavy (non-hydrogen) atoms. The first-order chi connectivity index (χ1) is 36.5. The van der Waals surface area contributed by atoms with E-state index in [1.165, 1.54) is 161 Å². The Morgan fingerprint density at radius 1 is 0.284 bits per heavy atom. The van der Waals surface area contributed by atoms with Gasteiger partial charge in [-0.2, -0.15) is 0 Å². The fraction of sp³-hybridized carbons (Fsp3) is 0.750. The van der Waals surface area contributed by atoms with Crippen LogP contribution >= 0.6 is 0 Å². The monoisotopic (exact) mass is 1030 g/mol. The summed E-state index contributed by atoms with van der Waals surface area (Å²) in [6.45, 7) is 6.53. The zero-order chi connectivity index (χ0) is 53.6. The Hall–Kier alpha value is -3.41. The minimum Gasteiger partial charge on any atom is -0.462 e. The van der Waals surface area contributed by atoms with Gasteiger partial charge >= 0.3 is 17.9 Å². The molecule has 0 heterocycles. The second-order valence-electron chi connectivity index (χ2n) is 20.9. The van der Waals surface area contributed by atoms with Crippen LogP contribution in [0.5, 0.6) is 0 Å². The van der Waals surface area contributed by atoms with Gasteiger partial charge in [-0.15, -0.1) is 0 Å². The molecule has 1 unspecified atom stereocenters. The molecule has 0 saturated heterocycles. The minimum atomic E-state index is -0.789. The van der Waals surface area contributed by atoms with E-state index < -0.39 is 6.10 Å². The molecule has 0 aliphatic carbocycles. The highest BCUT2D eigenvalue weighted by Crippen LogP contribution is 2.16. The maximum atomic E-state index is 12.9. The smallest absolute Gasteiger partial charge is 0.306 e. The quantitative estimate of drug-likeness (QED) is 0.0261. The van der Waals surface area contributed by atoms with Gasteiger partial charge in [0.2, 0.25) is 0 Å². The summed E-state index contributed by atoms with van der Waals surface area (Å²) < 4.78 is 16.9. The van der Waals surface area contributed by atoms with E-state index in [-0.39, 0.29) is 31.1 Å². The first-order valence-electron chi connectivity index (χ1n) is 31.6. The van der Waals surface area contributed by atoms with Gasteiger partial charge in [-0.25, -0.2) is 0 Å². The summed E-state index contributed by atoms with van der Waals surface area (Å²) in [5.41, 5.74) is 0. The molecule has 0 aromatic heterocycles. The van der Waals surface area contributed by atoms with Crippen LogP contribution in [0.4, 0.5) is 0 Å². The molecule has 0 bridgehead atoms. The van der Waals surface area contributed by atoms with E-state index in [4.69, 9.17) is 14.2 Å². The highest BCUT2D eigenvalue weighted by molar-refractivity contribution is 5.71. The lowest BCUT2D eigenvalue weighted by Gasteiger charge is -2.18. The molecule has 0 aromatic rings. The molecular formula is C68H118O6. The van der Waals surface area contributed by atoms with E-state index in [0.29, 0.717) is 19.3 Å². The molecule has 1 atom stereocenters. The molecule has 0 saturated carbocycles. The molecule has 0 amide bonds. The van der Waals surface area contributed by atoms with Crippen molar-refractivity contribution in [1.29, 1.82) is 0 Å². The van der Waals surface area contributed by atoms with Gasteiger partial charge in [-0.05, 0) is 96.3 Å². The maximum absolute atomic E-state index is 12.9. The van der Waals surface area contributed by atoms with Gasteiger partial charge in [0.25, 0.3) is 0 Å². The van der Waals surface area contributed by atoms with Crippen LogP contribution in [-0.4, -0.2) is 37.2 Å². The van der Waals surface area contributed by atoms with E-state index >= 15 is 0 Å². The predicted octanol–water partition coefficient (Wildman–Crippen LogP) is 21.5. The number of esters is 3. The normalized spacial score (nSPS) is 12.6. The summed E-state index contributed by atoms with van der Waals surface area (Å²) in [5, 5.41) is 0. The Balaban J connectivity index is 4.41. The van der Waals surface area contributed by atoms with Gasteiger partial charge in [0.05, 0.1) is 0 Å².